The molecular weight excluding hydrogens is 273 g/mol. The van der Waals surface area contributed by atoms with Crippen LogP contribution in [0.2, 0.25) is 5.02 Å². The number of aliphatic hydroxyl groups is 1. The Balaban J connectivity index is 2.31. The van der Waals surface area contributed by atoms with Crippen LogP contribution < -0.4 is 0 Å². The number of hydrogen-bond donors (Lipinski definition) is 1. The van der Waals surface area contributed by atoms with Crippen LogP contribution in [0.5, 0.6) is 0 Å². The van der Waals surface area contributed by atoms with Crippen LogP contribution in [0.3, 0.4) is 0 Å². The molecule has 0 radical (unpaired) electrons. The third-order valence-corrected chi connectivity index (χ3v) is 3.60. The molecule has 2 rings (SSSR count). The molecule has 0 amide bonds. The highest BCUT2D eigenvalue weighted by atomic mass is 35.5. The smallest absolute Gasteiger partial charge is 0.123 e. The molecule has 0 saturated heterocycles. The fourth-order valence-corrected chi connectivity index (χ4v) is 2.54. The van der Waals surface area contributed by atoms with Crippen molar-refractivity contribution in [3.8, 4) is 0 Å². The minimum atomic E-state index is -0.726. The van der Waals surface area contributed by atoms with E-state index < -0.39 is 6.10 Å². The van der Waals surface area contributed by atoms with Gasteiger partial charge in [-0.3, -0.25) is 0 Å². The van der Waals surface area contributed by atoms with Gasteiger partial charge in [0.15, 0.2) is 0 Å². The van der Waals surface area contributed by atoms with Crippen LogP contribution >= 0.6 is 23.4 Å². The maximum Gasteiger partial charge on any atom is 0.123 e. The molecule has 0 aliphatic carbocycles. The van der Waals surface area contributed by atoms with E-state index in [0.29, 0.717) is 10.6 Å². The lowest BCUT2D eigenvalue weighted by Crippen LogP contribution is -1.95. The average Bonchev–Trinajstić information content (AvgIpc) is 2.34. The Morgan fingerprint density at radius 3 is 2.72 bits per heavy atom. The van der Waals surface area contributed by atoms with E-state index in [-0.39, 0.29) is 5.82 Å². The second-order valence-electron chi connectivity index (χ2n) is 3.77. The number of aromatic nitrogens is 1. The van der Waals surface area contributed by atoms with Gasteiger partial charge in [0.2, 0.25) is 0 Å². The number of aliphatic hydroxyl groups excluding tert-OH is 1. The van der Waals surface area contributed by atoms with Crippen molar-refractivity contribution in [3.05, 3.63) is 52.9 Å². The van der Waals surface area contributed by atoms with E-state index in [1.54, 1.807) is 31.3 Å². The van der Waals surface area contributed by atoms with Gasteiger partial charge in [0.05, 0.1) is 11.1 Å². The SMILES string of the molecule is C[C@@H](O)c1cc(F)ccc1Sc1ccc(Cl)cn1. The largest absolute Gasteiger partial charge is 0.389 e. The Morgan fingerprint density at radius 1 is 1.33 bits per heavy atom. The summed E-state index contributed by atoms with van der Waals surface area (Å²) in [5.41, 5.74) is 0.553. The maximum atomic E-state index is 13.1. The number of rotatable bonds is 3. The Hall–Kier alpha value is -1.10. The van der Waals surface area contributed by atoms with Crippen LogP contribution in [0.1, 0.15) is 18.6 Å². The number of hydrogen-bond acceptors (Lipinski definition) is 3. The fraction of sp³-hybridized carbons (Fsp3) is 0.154. The quantitative estimate of drug-likeness (QED) is 0.921. The van der Waals surface area contributed by atoms with Crippen LogP contribution in [0.15, 0.2) is 46.5 Å². The summed E-state index contributed by atoms with van der Waals surface area (Å²) in [4.78, 5) is 4.93. The molecule has 18 heavy (non-hydrogen) atoms. The van der Waals surface area contributed by atoms with Crippen molar-refractivity contribution in [3.63, 3.8) is 0 Å². The molecule has 1 atom stereocenters. The van der Waals surface area contributed by atoms with Gasteiger partial charge in [0.25, 0.3) is 0 Å². The Labute approximate surface area is 114 Å². The standard InChI is InChI=1S/C13H11ClFNOS/c1-8(17)11-6-10(15)3-4-12(11)18-13-5-2-9(14)7-16-13/h2-8,17H,1H3/t8-/m1/s1. The predicted molar refractivity (Wildman–Crippen MR) is 70.4 cm³/mol. The van der Waals surface area contributed by atoms with Crippen molar-refractivity contribution in [2.45, 2.75) is 22.9 Å². The second-order valence-corrected chi connectivity index (χ2v) is 5.27. The van der Waals surface area contributed by atoms with Gasteiger partial charge in [-0.2, -0.15) is 0 Å². The van der Waals surface area contributed by atoms with Crippen molar-refractivity contribution in [2.24, 2.45) is 0 Å². The normalized spacial score (nSPS) is 12.4. The molecule has 2 nitrogen and oxygen atoms in total. The minimum Gasteiger partial charge on any atom is -0.389 e. The maximum absolute atomic E-state index is 13.1. The summed E-state index contributed by atoms with van der Waals surface area (Å²) in [6, 6.07) is 7.86. The van der Waals surface area contributed by atoms with Gasteiger partial charge < -0.3 is 5.11 Å². The third-order valence-electron chi connectivity index (χ3n) is 2.34. The Morgan fingerprint density at radius 2 is 2.11 bits per heavy atom. The zero-order valence-electron chi connectivity index (χ0n) is 9.60. The topological polar surface area (TPSA) is 33.1 Å². The molecule has 0 bridgehead atoms. The monoisotopic (exact) mass is 283 g/mol. The summed E-state index contributed by atoms with van der Waals surface area (Å²) in [6.07, 6.45) is 0.825. The van der Waals surface area contributed by atoms with Gasteiger partial charge >= 0.3 is 0 Å². The van der Waals surface area contributed by atoms with Crippen molar-refractivity contribution in [1.29, 1.82) is 0 Å². The van der Waals surface area contributed by atoms with E-state index >= 15 is 0 Å². The molecule has 1 aromatic carbocycles. The first-order valence-corrected chi connectivity index (χ1v) is 6.52. The van der Waals surface area contributed by atoms with Crippen LogP contribution in [0.25, 0.3) is 0 Å². The lowest BCUT2D eigenvalue weighted by molar-refractivity contribution is 0.196. The van der Waals surface area contributed by atoms with Gasteiger partial charge in [0.1, 0.15) is 10.8 Å². The number of pyridine rings is 1. The summed E-state index contributed by atoms with van der Waals surface area (Å²) in [5.74, 6) is -0.362. The lowest BCUT2D eigenvalue weighted by atomic mass is 10.1. The number of benzene rings is 1. The summed E-state index contributed by atoms with van der Waals surface area (Å²) in [5, 5.41) is 10.9. The van der Waals surface area contributed by atoms with Gasteiger partial charge in [-0.1, -0.05) is 23.4 Å². The van der Waals surface area contributed by atoms with E-state index in [9.17, 15) is 9.50 Å². The number of halogens is 2. The van der Waals surface area contributed by atoms with Crippen LogP contribution in [-0.4, -0.2) is 10.1 Å². The van der Waals surface area contributed by atoms with E-state index in [2.05, 4.69) is 4.98 Å². The molecule has 5 heteroatoms. The lowest BCUT2D eigenvalue weighted by Gasteiger charge is -2.11. The molecule has 0 aliphatic rings. The highest BCUT2D eigenvalue weighted by Crippen LogP contribution is 2.33. The molecule has 0 unspecified atom stereocenters. The Kier molecular flexibility index (Phi) is 4.22. The van der Waals surface area contributed by atoms with Gasteiger partial charge in [-0.25, -0.2) is 9.37 Å². The summed E-state index contributed by atoms with van der Waals surface area (Å²) < 4.78 is 13.1. The van der Waals surface area contributed by atoms with Crippen LogP contribution in [-0.2, 0) is 0 Å². The third kappa shape index (κ3) is 3.22. The van der Waals surface area contributed by atoms with Crippen LogP contribution in [0.4, 0.5) is 4.39 Å². The zero-order valence-corrected chi connectivity index (χ0v) is 11.2. The van der Waals surface area contributed by atoms with E-state index in [1.807, 2.05) is 0 Å². The molecular formula is C13H11ClFNOS. The van der Waals surface area contributed by atoms with E-state index in [4.69, 9.17) is 11.6 Å². The summed E-state index contributed by atoms with van der Waals surface area (Å²) >= 11 is 7.12. The molecule has 94 valence electrons. The minimum absolute atomic E-state index is 0.362. The van der Waals surface area contributed by atoms with Gasteiger partial charge in [-0.15, -0.1) is 0 Å². The Bertz CT molecular complexity index is 545. The molecule has 1 N–H and O–H groups in total. The van der Waals surface area contributed by atoms with Crippen molar-refractivity contribution in [2.75, 3.05) is 0 Å². The van der Waals surface area contributed by atoms with Crippen molar-refractivity contribution < 1.29 is 9.50 Å². The summed E-state index contributed by atoms with van der Waals surface area (Å²) in [6.45, 7) is 1.61. The number of nitrogens with zero attached hydrogens (tertiary/aromatic N) is 1. The molecule has 0 spiro atoms. The first-order valence-electron chi connectivity index (χ1n) is 5.33. The molecule has 1 heterocycles. The van der Waals surface area contributed by atoms with E-state index in [0.717, 1.165) is 9.92 Å². The molecule has 1 aromatic heterocycles. The first-order chi connectivity index (χ1) is 8.56. The predicted octanol–water partition coefficient (Wildman–Crippen LogP) is 4.08. The zero-order chi connectivity index (χ0) is 13.1. The fourth-order valence-electron chi connectivity index (χ4n) is 1.47. The summed E-state index contributed by atoms with van der Waals surface area (Å²) in [7, 11) is 0. The highest BCUT2D eigenvalue weighted by molar-refractivity contribution is 7.99. The highest BCUT2D eigenvalue weighted by Gasteiger charge is 2.11. The first kappa shape index (κ1) is 13.3. The van der Waals surface area contributed by atoms with Gasteiger partial charge in [-0.05, 0) is 42.8 Å². The second kappa shape index (κ2) is 5.69. The van der Waals surface area contributed by atoms with Crippen molar-refractivity contribution >= 4 is 23.4 Å². The molecule has 2 aromatic rings. The van der Waals surface area contributed by atoms with Gasteiger partial charge in [0, 0.05) is 11.1 Å². The van der Waals surface area contributed by atoms with Crippen molar-refractivity contribution in [1.82, 2.24) is 4.98 Å². The molecule has 0 saturated carbocycles. The molecule has 0 fully saturated rings. The van der Waals surface area contributed by atoms with E-state index in [1.165, 1.54) is 23.9 Å². The van der Waals surface area contributed by atoms with Crippen LogP contribution in [0, 0.1) is 5.82 Å². The molecule has 0 aliphatic heterocycles. The average molecular weight is 284 g/mol.